The van der Waals surface area contributed by atoms with Crippen LogP contribution in [0.5, 0.6) is 5.75 Å². The van der Waals surface area contributed by atoms with Crippen molar-refractivity contribution in [2.45, 2.75) is 63.4 Å². The fraction of sp³-hybridized carbons (Fsp3) is 0.500. The number of benzene rings is 1. The highest BCUT2D eigenvalue weighted by Crippen LogP contribution is 2.41. The molecule has 2 aromatic rings. The summed E-state index contributed by atoms with van der Waals surface area (Å²) in [6, 6.07) is 6.72. The van der Waals surface area contributed by atoms with Gasteiger partial charge in [-0.3, -0.25) is 5.10 Å². The average Bonchev–Trinajstić information content (AvgIpc) is 3.08. The highest BCUT2D eigenvalue weighted by molar-refractivity contribution is 7.80. The molecule has 27 heavy (non-hydrogen) atoms. The first-order valence-corrected chi connectivity index (χ1v) is 10.3. The van der Waals surface area contributed by atoms with E-state index in [4.69, 9.17) is 4.74 Å². The number of methoxy groups -OCH3 is 1. The lowest BCUT2D eigenvalue weighted by Gasteiger charge is -2.26. The van der Waals surface area contributed by atoms with Gasteiger partial charge >= 0.3 is 0 Å². The Labute approximate surface area is 168 Å². The van der Waals surface area contributed by atoms with Gasteiger partial charge in [-0.05, 0) is 57.2 Å². The molecule has 3 rings (SSSR count). The Morgan fingerprint density at radius 3 is 2.81 bits per heavy atom. The minimum atomic E-state index is 0.377. The van der Waals surface area contributed by atoms with Crippen LogP contribution in [0.2, 0.25) is 0 Å². The normalized spacial score (nSPS) is 17.1. The van der Waals surface area contributed by atoms with Crippen LogP contribution in [0.3, 0.4) is 0 Å². The zero-order chi connectivity index (χ0) is 19.6. The van der Waals surface area contributed by atoms with Crippen molar-refractivity contribution in [3.63, 3.8) is 0 Å². The van der Waals surface area contributed by atoms with E-state index >= 15 is 0 Å². The fourth-order valence-electron chi connectivity index (χ4n) is 3.82. The van der Waals surface area contributed by atoms with Crippen LogP contribution in [0, 0.1) is 0 Å². The Kier molecular flexibility index (Phi) is 6.20. The largest absolute Gasteiger partial charge is 0.495 e. The van der Waals surface area contributed by atoms with Crippen LogP contribution < -0.4 is 9.64 Å². The van der Waals surface area contributed by atoms with Gasteiger partial charge in [-0.2, -0.15) is 5.10 Å². The fourth-order valence-corrected chi connectivity index (χ4v) is 4.12. The van der Waals surface area contributed by atoms with E-state index in [9.17, 15) is 0 Å². The number of hydrogen-bond acceptors (Lipinski definition) is 4. The maximum absolute atomic E-state index is 5.60. The summed E-state index contributed by atoms with van der Waals surface area (Å²) < 4.78 is 5.60. The van der Waals surface area contributed by atoms with Gasteiger partial charge in [-0.1, -0.05) is 24.6 Å². The third-order valence-corrected chi connectivity index (χ3v) is 6.00. The molecule has 0 saturated heterocycles. The highest BCUT2D eigenvalue weighted by Gasteiger charge is 2.23. The van der Waals surface area contributed by atoms with E-state index in [1.807, 2.05) is 6.07 Å². The molecule has 0 aliphatic heterocycles. The third-order valence-electron chi connectivity index (χ3n) is 5.67. The van der Waals surface area contributed by atoms with Crippen molar-refractivity contribution in [1.29, 1.82) is 0 Å². The molecule has 146 valence electrons. The van der Waals surface area contributed by atoms with E-state index in [0.717, 1.165) is 40.4 Å². The van der Waals surface area contributed by atoms with Crippen LogP contribution in [0.1, 0.15) is 58.1 Å². The number of hydrogen-bond donors (Lipinski definition) is 2. The molecule has 5 heteroatoms. The maximum atomic E-state index is 5.60. The second kappa shape index (κ2) is 8.42. The number of thiol groups is 1. The van der Waals surface area contributed by atoms with E-state index in [-0.39, 0.29) is 0 Å². The summed E-state index contributed by atoms with van der Waals surface area (Å²) in [5.74, 6) is 1.26. The lowest BCUT2D eigenvalue weighted by molar-refractivity contribution is 0.414. The van der Waals surface area contributed by atoms with Crippen LogP contribution in [-0.2, 0) is 0 Å². The van der Waals surface area contributed by atoms with E-state index in [0.29, 0.717) is 12.0 Å². The molecule has 1 N–H and O–H groups in total. The highest BCUT2D eigenvalue weighted by atomic mass is 32.1. The number of aromatic nitrogens is 2. The first-order chi connectivity index (χ1) is 13.0. The summed E-state index contributed by atoms with van der Waals surface area (Å²) in [4.78, 5) is 2.23. The van der Waals surface area contributed by atoms with Crippen molar-refractivity contribution in [2.75, 3.05) is 19.1 Å². The summed E-state index contributed by atoms with van der Waals surface area (Å²) in [5.41, 5.74) is 6.04. The molecular formula is C22H31N3OS. The molecule has 0 saturated carbocycles. The van der Waals surface area contributed by atoms with Crippen LogP contribution in [-0.4, -0.2) is 30.4 Å². The molecule has 0 radical (unpaired) electrons. The van der Waals surface area contributed by atoms with Gasteiger partial charge in [0, 0.05) is 24.6 Å². The van der Waals surface area contributed by atoms with Crippen molar-refractivity contribution in [3.05, 3.63) is 35.5 Å². The summed E-state index contributed by atoms with van der Waals surface area (Å²) in [6.45, 7) is 6.60. The monoisotopic (exact) mass is 385 g/mol. The van der Waals surface area contributed by atoms with Gasteiger partial charge in [0.2, 0.25) is 0 Å². The van der Waals surface area contributed by atoms with Crippen molar-refractivity contribution >= 4 is 18.3 Å². The van der Waals surface area contributed by atoms with Gasteiger partial charge in [0.1, 0.15) is 10.8 Å². The number of nitrogens with zero attached hydrogens (tertiary/aromatic N) is 2. The first-order valence-electron chi connectivity index (χ1n) is 9.84. The van der Waals surface area contributed by atoms with Crippen LogP contribution in [0.25, 0.3) is 11.1 Å². The van der Waals surface area contributed by atoms with Crippen molar-refractivity contribution in [3.8, 4) is 16.9 Å². The average molecular weight is 386 g/mol. The smallest absolute Gasteiger partial charge is 0.142 e. The quantitative estimate of drug-likeness (QED) is 0.486. The Bertz CT molecular complexity index is 825. The molecule has 1 unspecified atom stereocenters. The zero-order valence-electron chi connectivity index (χ0n) is 17.0. The molecule has 0 bridgehead atoms. The van der Waals surface area contributed by atoms with E-state index in [1.54, 1.807) is 12.7 Å². The van der Waals surface area contributed by atoms with Gasteiger partial charge in [0.05, 0.1) is 18.5 Å². The number of allylic oxidation sites excluding steroid dienone is 2. The van der Waals surface area contributed by atoms with E-state index in [2.05, 4.69) is 73.8 Å². The van der Waals surface area contributed by atoms with Crippen LogP contribution >= 0.6 is 12.6 Å². The lowest BCUT2D eigenvalue weighted by Crippen LogP contribution is -2.26. The predicted molar refractivity (Wildman–Crippen MR) is 116 cm³/mol. The number of H-pyrrole nitrogens is 1. The number of rotatable bonds is 6. The van der Waals surface area contributed by atoms with Gasteiger partial charge in [-0.25, -0.2) is 0 Å². The molecular weight excluding hydrogens is 354 g/mol. The van der Waals surface area contributed by atoms with Crippen molar-refractivity contribution in [1.82, 2.24) is 10.2 Å². The molecule has 4 nitrogen and oxygen atoms in total. The Morgan fingerprint density at radius 1 is 1.37 bits per heavy atom. The Morgan fingerprint density at radius 2 is 2.15 bits per heavy atom. The number of anilines is 1. The molecule has 1 aromatic carbocycles. The molecule has 0 spiro atoms. The number of ether oxygens (including phenoxy) is 1. The van der Waals surface area contributed by atoms with Crippen molar-refractivity contribution < 1.29 is 4.74 Å². The maximum Gasteiger partial charge on any atom is 0.142 e. The molecule has 0 amide bonds. The summed E-state index contributed by atoms with van der Waals surface area (Å²) in [6.07, 6.45) is 7.16. The van der Waals surface area contributed by atoms with Gasteiger partial charge < -0.3 is 9.64 Å². The lowest BCUT2D eigenvalue weighted by atomic mass is 9.85. The molecule has 1 aliphatic rings. The topological polar surface area (TPSA) is 41.1 Å². The minimum absolute atomic E-state index is 0.377. The minimum Gasteiger partial charge on any atom is -0.495 e. The molecule has 1 heterocycles. The SMILES string of the molecule is CCC1=CC(c2[nH]nc(S)c2-c2ccc(OC)c(N(C)C(C)C)c2)CCC1. The summed E-state index contributed by atoms with van der Waals surface area (Å²) in [5, 5.41) is 8.46. The van der Waals surface area contributed by atoms with Gasteiger partial charge in [-0.15, -0.1) is 12.6 Å². The van der Waals surface area contributed by atoms with Gasteiger partial charge in [0.15, 0.2) is 0 Å². The Balaban J connectivity index is 2.07. The van der Waals surface area contributed by atoms with Crippen molar-refractivity contribution in [2.24, 2.45) is 0 Å². The standard InChI is InChI=1S/C22H31N3OS/c1-6-15-8-7-9-17(12-15)21-20(22(27)24-23-21)16-10-11-19(26-5)18(13-16)25(4)14(2)3/h10-14,17H,6-9H2,1-5H3,(H2,23,24,27). The molecule has 1 aromatic heterocycles. The molecule has 1 aliphatic carbocycles. The predicted octanol–water partition coefficient (Wildman–Crippen LogP) is 5.82. The number of nitrogens with one attached hydrogen (secondary N) is 1. The van der Waals surface area contributed by atoms with Gasteiger partial charge in [0.25, 0.3) is 0 Å². The van der Waals surface area contributed by atoms with Crippen LogP contribution in [0.15, 0.2) is 34.9 Å². The first kappa shape index (κ1) is 19.9. The number of aromatic amines is 1. The van der Waals surface area contributed by atoms with E-state index < -0.39 is 0 Å². The third kappa shape index (κ3) is 4.03. The zero-order valence-corrected chi connectivity index (χ0v) is 17.9. The second-order valence-corrected chi connectivity index (χ2v) is 8.03. The second-order valence-electron chi connectivity index (χ2n) is 7.60. The molecule has 1 atom stereocenters. The summed E-state index contributed by atoms with van der Waals surface area (Å²) >= 11 is 4.66. The summed E-state index contributed by atoms with van der Waals surface area (Å²) in [7, 11) is 3.82. The molecule has 0 fully saturated rings. The van der Waals surface area contributed by atoms with Crippen LogP contribution in [0.4, 0.5) is 5.69 Å². The van der Waals surface area contributed by atoms with E-state index in [1.165, 1.54) is 18.5 Å². The Hall–Kier alpha value is -1.88.